The highest BCUT2D eigenvalue weighted by molar-refractivity contribution is 7.09. The number of carbonyl (C=O) groups excluding carboxylic acids is 1. The van der Waals surface area contributed by atoms with Gasteiger partial charge in [0.15, 0.2) is 0 Å². The Morgan fingerprint density at radius 1 is 1.58 bits per heavy atom. The lowest BCUT2D eigenvalue weighted by Crippen LogP contribution is -2.19. The minimum atomic E-state index is -0.561. The van der Waals surface area contributed by atoms with Crippen LogP contribution in [0.4, 0.5) is 4.39 Å². The summed E-state index contributed by atoms with van der Waals surface area (Å²) in [6.07, 6.45) is 1.73. The molecule has 19 heavy (non-hydrogen) atoms. The normalized spacial score (nSPS) is 12.3. The van der Waals surface area contributed by atoms with E-state index in [0.29, 0.717) is 17.7 Å². The molecule has 0 saturated heterocycles. The van der Waals surface area contributed by atoms with E-state index in [9.17, 15) is 9.18 Å². The Kier molecular flexibility index (Phi) is 4.24. The molecule has 100 valence electrons. The zero-order chi connectivity index (χ0) is 13.8. The van der Waals surface area contributed by atoms with Crippen LogP contribution in [0.5, 0.6) is 0 Å². The number of carbonyl (C=O) groups is 1. The Morgan fingerprint density at radius 3 is 3.00 bits per heavy atom. The Bertz CT molecular complexity index is 571. The molecule has 0 bridgehead atoms. The first kappa shape index (κ1) is 13.6. The monoisotopic (exact) mass is 279 g/mol. The van der Waals surface area contributed by atoms with E-state index in [1.807, 2.05) is 12.3 Å². The maximum absolute atomic E-state index is 13.6. The van der Waals surface area contributed by atoms with Crippen LogP contribution in [-0.4, -0.2) is 10.9 Å². The van der Waals surface area contributed by atoms with Crippen molar-refractivity contribution in [3.8, 4) is 0 Å². The molecule has 0 spiro atoms. The zero-order valence-corrected chi connectivity index (χ0v) is 11.2. The summed E-state index contributed by atoms with van der Waals surface area (Å²) in [5, 5.41) is 5.99. The van der Waals surface area contributed by atoms with Gasteiger partial charge in [-0.15, -0.1) is 11.3 Å². The molecule has 0 fully saturated rings. The quantitative estimate of drug-likeness (QED) is 0.882. The molecule has 0 radical (unpaired) electrons. The first-order valence-corrected chi connectivity index (χ1v) is 6.67. The van der Waals surface area contributed by atoms with Gasteiger partial charge in [0.2, 0.25) is 5.91 Å². The molecule has 1 aromatic carbocycles. The lowest BCUT2D eigenvalue weighted by molar-refractivity contribution is 0.1000. The Labute approximate surface area is 114 Å². The average molecular weight is 279 g/mol. The van der Waals surface area contributed by atoms with E-state index in [1.165, 1.54) is 29.5 Å². The number of hydrogen-bond donors (Lipinski definition) is 2. The van der Waals surface area contributed by atoms with Gasteiger partial charge in [0.05, 0.1) is 6.04 Å². The standard InChI is InChI=1S/C13H14FN3OS/c1-8(13-16-4-5-19-13)17-7-10-6-9(12(15)18)2-3-11(10)14/h2-6,8,17H,7H2,1H3,(H2,15,18). The van der Waals surface area contributed by atoms with E-state index in [2.05, 4.69) is 10.3 Å². The topological polar surface area (TPSA) is 68.0 Å². The van der Waals surface area contributed by atoms with Crippen LogP contribution in [0.2, 0.25) is 0 Å². The van der Waals surface area contributed by atoms with E-state index in [4.69, 9.17) is 5.73 Å². The largest absolute Gasteiger partial charge is 0.366 e. The van der Waals surface area contributed by atoms with Gasteiger partial charge >= 0.3 is 0 Å². The number of benzene rings is 1. The van der Waals surface area contributed by atoms with Gasteiger partial charge in [-0.05, 0) is 25.1 Å². The predicted octanol–water partition coefficient (Wildman–Crippen LogP) is 2.23. The average Bonchev–Trinajstić information content (AvgIpc) is 2.91. The molecular weight excluding hydrogens is 265 g/mol. The van der Waals surface area contributed by atoms with Gasteiger partial charge in [-0.2, -0.15) is 0 Å². The molecule has 1 amide bonds. The summed E-state index contributed by atoms with van der Waals surface area (Å²) >= 11 is 1.54. The van der Waals surface area contributed by atoms with Crippen LogP contribution in [0, 0.1) is 5.82 Å². The predicted molar refractivity (Wildman–Crippen MR) is 72.3 cm³/mol. The third-order valence-corrected chi connectivity index (χ3v) is 3.71. The Balaban J connectivity index is 2.06. The van der Waals surface area contributed by atoms with Crippen LogP contribution in [-0.2, 0) is 6.54 Å². The number of nitrogens with one attached hydrogen (secondary N) is 1. The van der Waals surface area contributed by atoms with Crippen LogP contribution in [0.1, 0.15) is 33.9 Å². The molecule has 0 aliphatic carbocycles. The molecular formula is C13H14FN3OS. The first-order valence-electron chi connectivity index (χ1n) is 5.79. The van der Waals surface area contributed by atoms with Crippen molar-refractivity contribution in [2.75, 3.05) is 0 Å². The van der Waals surface area contributed by atoms with Crippen LogP contribution >= 0.6 is 11.3 Å². The maximum Gasteiger partial charge on any atom is 0.248 e. The van der Waals surface area contributed by atoms with Gasteiger partial charge in [-0.25, -0.2) is 9.37 Å². The molecule has 6 heteroatoms. The van der Waals surface area contributed by atoms with E-state index in [0.717, 1.165) is 5.01 Å². The zero-order valence-electron chi connectivity index (χ0n) is 10.4. The summed E-state index contributed by atoms with van der Waals surface area (Å²) in [4.78, 5) is 15.2. The summed E-state index contributed by atoms with van der Waals surface area (Å²) in [6, 6.07) is 4.13. The van der Waals surface area contributed by atoms with Crippen molar-refractivity contribution in [2.45, 2.75) is 19.5 Å². The van der Waals surface area contributed by atoms with Gasteiger partial charge < -0.3 is 11.1 Å². The van der Waals surface area contributed by atoms with Gasteiger partial charge in [-0.3, -0.25) is 4.79 Å². The second kappa shape index (κ2) is 5.90. The van der Waals surface area contributed by atoms with Gasteiger partial charge in [0.1, 0.15) is 10.8 Å². The van der Waals surface area contributed by atoms with E-state index in [-0.39, 0.29) is 11.9 Å². The van der Waals surface area contributed by atoms with Crippen molar-refractivity contribution in [1.29, 1.82) is 0 Å². The van der Waals surface area contributed by atoms with Crippen LogP contribution in [0.15, 0.2) is 29.8 Å². The number of thiazole rings is 1. The van der Waals surface area contributed by atoms with Gasteiger partial charge in [0.25, 0.3) is 0 Å². The van der Waals surface area contributed by atoms with Gasteiger partial charge in [0, 0.05) is 29.2 Å². The lowest BCUT2D eigenvalue weighted by Gasteiger charge is -2.12. The molecule has 0 saturated carbocycles. The summed E-state index contributed by atoms with van der Waals surface area (Å²) in [6.45, 7) is 2.27. The summed E-state index contributed by atoms with van der Waals surface area (Å²) in [5.41, 5.74) is 5.90. The first-order chi connectivity index (χ1) is 9.08. The smallest absolute Gasteiger partial charge is 0.248 e. The molecule has 3 N–H and O–H groups in total. The van der Waals surface area contributed by atoms with Crippen LogP contribution < -0.4 is 11.1 Å². The number of nitrogens with zero attached hydrogens (tertiary/aromatic N) is 1. The second-order valence-corrected chi connectivity index (χ2v) is 5.07. The van der Waals surface area contributed by atoms with Crippen molar-refractivity contribution in [2.24, 2.45) is 5.73 Å². The highest BCUT2D eigenvalue weighted by Gasteiger charge is 2.10. The SMILES string of the molecule is CC(NCc1cc(C(N)=O)ccc1F)c1nccs1. The highest BCUT2D eigenvalue weighted by atomic mass is 32.1. The van der Waals surface area contributed by atoms with Crippen LogP contribution in [0.3, 0.4) is 0 Å². The van der Waals surface area contributed by atoms with E-state index in [1.54, 1.807) is 6.20 Å². The Hall–Kier alpha value is -1.79. The highest BCUT2D eigenvalue weighted by Crippen LogP contribution is 2.16. The van der Waals surface area contributed by atoms with E-state index < -0.39 is 5.91 Å². The van der Waals surface area contributed by atoms with Crippen LogP contribution in [0.25, 0.3) is 0 Å². The number of rotatable bonds is 5. The molecule has 2 aromatic rings. The minimum absolute atomic E-state index is 0.0247. The molecule has 2 rings (SSSR count). The van der Waals surface area contributed by atoms with Crippen molar-refractivity contribution in [1.82, 2.24) is 10.3 Å². The molecule has 0 aliphatic heterocycles. The molecule has 1 atom stereocenters. The Morgan fingerprint density at radius 2 is 2.37 bits per heavy atom. The fourth-order valence-electron chi connectivity index (χ4n) is 1.66. The van der Waals surface area contributed by atoms with Crippen molar-refractivity contribution < 1.29 is 9.18 Å². The van der Waals surface area contributed by atoms with Gasteiger partial charge in [-0.1, -0.05) is 0 Å². The fourth-order valence-corrected chi connectivity index (χ4v) is 2.33. The maximum atomic E-state index is 13.6. The molecule has 1 aromatic heterocycles. The van der Waals surface area contributed by atoms with Crippen molar-refractivity contribution >= 4 is 17.2 Å². The summed E-state index contributed by atoms with van der Waals surface area (Å²) in [7, 11) is 0. The number of halogens is 1. The molecule has 1 heterocycles. The molecule has 1 unspecified atom stereocenters. The summed E-state index contributed by atoms with van der Waals surface area (Å²) in [5.74, 6) is -0.918. The number of hydrogen-bond acceptors (Lipinski definition) is 4. The minimum Gasteiger partial charge on any atom is -0.366 e. The molecule has 0 aliphatic rings. The number of nitrogens with two attached hydrogens (primary N) is 1. The molecule has 4 nitrogen and oxygen atoms in total. The number of primary amides is 1. The van der Waals surface area contributed by atoms with Crippen molar-refractivity contribution in [3.05, 3.63) is 51.7 Å². The number of amides is 1. The van der Waals surface area contributed by atoms with Crippen molar-refractivity contribution in [3.63, 3.8) is 0 Å². The van der Waals surface area contributed by atoms with E-state index >= 15 is 0 Å². The lowest BCUT2D eigenvalue weighted by atomic mass is 10.1. The number of aromatic nitrogens is 1. The second-order valence-electron chi connectivity index (χ2n) is 4.14. The summed E-state index contributed by atoms with van der Waals surface area (Å²) < 4.78 is 13.6. The fraction of sp³-hybridized carbons (Fsp3) is 0.231. The third kappa shape index (κ3) is 3.36. The third-order valence-electron chi connectivity index (χ3n) is 2.75.